The molecule has 4 fully saturated rings. The summed E-state index contributed by atoms with van der Waals surface area (Å²) in [6.45, 7) is 8.75. The monoisotopic (exact) mass is 328 g/mol. The van der Waals surface area contributed by atoms with E-state index in [1.54, 1.807) is 0 Å². The van der Waals surface area contributed by atoms with Gasteiger partial charge in [-0.3, -0.25) is 9.59 Å². The molecular weight excluding hydrogens is 296 g/mol. The second-order valence-corrected chi connectivity index (χ2v) is 9.67. The summed E-state index contributed by atoms with van der Waals surface area (Å²) in [7, 11) is 0. The molecule has 4 rings (SSSR count). The normalized spacial score (nSPS) is 50.8. The molecule has 0 heterocycles. The van der Waals surface area contributed by atoms with Crippen molar-refractivity contribution in [3.05, 3.63) is 12.7 Å². The number of rotatable bonds is 2. The molecule has 0 bridgehead atoms. The minimum Gasteiger partial charge on any atom is -0.300 e. The Labute approximate surface area is 146 Å². The summed E-state index contributed by atoms with van der Waals surface area (Å²) in [5, 5.41) is 0. The number of fused-ring (bicyclic) bond motifs is 5. The molecular formula is C22H32O2. The first-order chi connectivity index (χ1) is 11.4. The number of ketones is 2. The van der Waals surface area contributed by atoms with Crippen LogP contribution in [-0.4, -0.2) is 11.6 Å². The fraction of sp³-hybridized carbons (Fsp3) is 0.818. The van der Waals surface area contributed by atoms with E-state index in [1.807, 2.05) is 0 Å². The number of carbonyl (C=O) groups excluding carboxylic acids is 2. The van der Waals surface area contributed by atoms with Gasteiger partial charge in [0.25, 0.3) is 0 Å². The highest BCUT2D eigenvalue weighted by molar-refractivity contribution is 5.87. The van der Waals surface area contributed by atoms with E-state index in [-0.39, 0.29) is 5.41 Å². The zero-order valence-corrected chi connectivity index (χ0v) is 15.4. The topological polar surface area (TPSA) is 34.1 Å². The summed E-state index contributed by atoms with van der Waals surface area (Å²) in [5.41, 5.74) is 0.261. The molecule has 0 aromatic carbocycles. The van der Waals surface area contributed by atoms with E-state index < -0.39 is 0 Å². The molecule has 24 heavy (non-hydrogen) atoms. The number of hydrogen-bond donors (Lipinski definition) is 0. The van der Waals surface area contributed by atoms with E-state index in [0.717, 1.165) is 44.9 Å². The highest BCUT2D eigenvalue weighted by Crippen LogP contribution is 2.67. The van der Waals surface area contributed by atoms with Gasteiger partial charge in [-0.15, -0.1) is 6.58 Å². The molecule has 0 aromatic heterocycles. The van der Waals surface area contributed by atoms with Gasteiger partial charge < -0.3 is 0 Å². The van der Waals surface area contributed by atoms with Crippen molar-refractivity contribution in [3.8, 4) is 0 Å². The molecule has 7 atom stereocenters. The standard InChI is InChI=1S/C22H32O2/c1-4-5-14-12-15-13-16(23)8-10-21(15,2)18-9-11-22(3)17(20(14)18)6-7-19(22)24/h4,14-15,17-18,20H,1,5-13H2,2-3H3/t14?,15-,17?,18?,20?,21+,22+/m1/s1. The Morgan fingerprint density at radius 1 is 1.12 bits per heavy atom. The van der Waals surface area contributed by atoms with Gasteiger partial charge in [-0.25, -0.2) is 0 Å². The van der Waals surface area contributed by atoms with Crippen molar-refractivity contribution in [3.63, 3.8) is 0 Å². The summed E-state index contributed by atoms with van der Waals surface area (Å²) in [4.78, 5) is 24.7. The zero-order valence-electron chi connectivity index (χ0n) is 15.4. The second-order valence-electron chi connectivity index (χ2n) is 9.67. The van der Waals surface area contributed by atoms with Crippen molar-refractivity contribution >= 4 is 11.6 Å². The Morgan fingerprint density at radius 3 is 2.67 bits per heavy atom. The lowest BCUT2D eigenvalue weighted by Gasteiger charge is -2.61. The first-order valence-electron chi connectivity index (χ1n) is 10.1. The van der Waals surface area contributed by atoms with Crippen molar-refractivity contribution in [2.45, 2.75) is 71.6 Å². The average Bonchev–Trinajstić information content (AvgIpc) is 2.85. The van der Waals surface area contributed by atoms with Crippen LogP contribution in [0.5, 0.6) is 0 Å². The predicted molar refractivity (Wildman–Crippen MR) is 95.4 cm³/mol. The second kappa shape index (κ2) is 5.54. The van der Waals surface area contributed by atoms with Gasteiger partial charge in [0.2, 0.25) is 0 Å². The van der Waals surface area contributed by atoms with Gasteiger partial charge >= 0.3 is 0 Å². The summed E-state index contributed by atoms with van der Waals surface area (Å²) >= 11 is 0. The van der Waals surface area contributed by atoms with Gasteiger partial charge in [-0.05, 0) is 73.5 Å². The van der Waals surface area contributed by atoms with Crippen LogP contribution >= 0.6 is 0 Å². The largest absolute Gasteiger partial charge is 0.300 e. The summed E-state index contributed by atoms with van der Waals surface area (Å²) in [6.07, 6.45) is 11.1. The molecule has 0 spiro atoms. The lowest BCUT2D eigenvalue weighted by atomic mass is 9.42. The van der Waals surface area contributed by atoms with Crippen molar-refractivity contribution in [1.82, 2.24) is 0 Å². The maximum Gasteiger partial charge on any atom is 0.139 e. The van der Waals surface area contributed by atoms with E-state index in [2.05, 4.69) is 26.5 Å². The fourth-order valence-electron chi connectivity index (χ4n) is 7.45. The first kappa shape index (κ1) is 16.5. The smallest absolute Gasteiger partial charge is 0.139 e. The molecule has 4 aliphatic carbocycles. The molecule has 0 amide bonds. The van der Waals surface area contributed by atoms with Gasteiger partial charge in [-0.2, -0.15) is 0 Å². The van der Waals surface area contributed by atoms with Crippen molar-refractivity contribution in [1.29, 1.82) is 0 Å². The maximum atomic E-state index is 12.6. The zero-order chi connectivity index (χ0) is 17.1. The van der Waals surface area contributed by atoms with Gasteiger partial charge in [0, 0.05) is 24.7 Å². The molecule has 2 heteroatoms. The highest BCUT2D eigenvalue weighted by Gasteiger charge is 2.62. The summed E-state index contributed by atoms with van der Waals surface area (Å²) in [5.74, 6) is 4.14. The summed E-state index contributed by atoms with van der Waals surface area (Å²) < 4.78 is 0. The number of allylic oxidation sites excluding steroid dienone is 1. The Kier molecular flexibility index (Phi) is 3.82. The van der Waals surface area contributed by atoms with Crippen LogP contribution in [0.25, 0.3) is 0 Å². The van der Waals surface area contributed by atoms with E-state index >= 15 is 0 Å². The molecule has 0 radical (unpaired) electrons. The maximum absolute atomic E-state index is 12.6. The molecule has 4 saturated carbocycles. The van der Waals surface area contributed by atoms with Crippen LogP contribution in [0.3, 0.4) is 0 Å². The molecule has 0 saturated heterocycles. The van der Waals surface area contributed by atoms with Crippen molar-refractivity contribution in [2.75, 3.05) is 0 Å². The Bertz CT molecular complexity index is 579. The quantitative estimate of drug-likeness (QED) is 0.671. The number of carbonyl (C=O) groups is 2. The first-order valence-corrected chi connectivity index (χ1v) is 10.1. The third-order valence-corrected chi connectivity index (χ3v) is 8.84. The van der Waals surface area contributed by atoms with E-state index in [9.17, 15) is 9.59 Å². The van der Waals surface area contributed by atoms with Gasteiger partial charge in [-0.1, -0.05) is 19.9 Å². The van der Waals surface area contributed by atoms with Gasteiger partial charge in [0.15, 0.2) is 0 Å². The van der Waals surface area contributed by atoms with E-state index in [4.69, 9.17) is 0 Å². The lowest BCUT2D eigenvalue weighted by Crippen LogP contribution is -2.56. The predicted octanol–water partition coefficient (Wildman–Crippen LogP) is 4.97. The van der Waals surface area contributed by atoms with E-state index in [0.29, 0.717) is 46.6 Å². The molecule has 2 nitrogen and oxygen atoms in total. The molecule has 0 aromatic rings. The third kappa shape index (κ3) is 2.14. The van der Waals surface area contributed by atoms with E-state index in [1.165, 1.54) is 12.8 Å². The molecule has 4 aliphatic rings. The molecule has 132 valence electrons. The lowest BCUT2D eigenvalue weighted by molar-refractivity contribution is -0.153. The Balaban J connectivity index is 1.72. The van der Waals surface area contributed by atoms with Crippen LogP contribution in [0.15, 0.2) is 12.7 Å². The van der Waals surface area contributed by atoms with Gasteiger partial charge in [0.1, 0.15) is 11.6 Å². The Morgan fingerprint density at radius 2 is 1.92 bits per heavy atom. The number of Topliss-reactive ketones (excluding diaryl/α,β-unsaturated/α-hetero) is 2. The van der Waals surface area contributed by atoms with Crippen molar-refractivity contribution in [2.24, 2.45) is 40.4 Å². The van der Waals surface area contributed by atoms with Gasteiger partial charge in [0.05, 0.1) is 0 Å². The van der Waals surface area contributed by atoms with Crippen LogP contribution in [0.1, 0.15) is 71.6 Å². The highest BCUT2D eigenvalue weighted by atomic mass is 16.1. The summed E-state index contributed by atoms with van der Waals surface area (Å²) in [6, 6.07) is 0. The third-order valence-electron chi connectivity index (χ3n) is 8.84. The minimum atomic E-state index is -0.0612. The minimum absolute atomic E-state index is 0.0612. The Hall–Kier alpha value is -0.920. The van der Waals surface area contributed by atoms with Crippen LogP contribution in [0.2, 0.25) is 0 Å². The molecule has 0 N–H and O–H groups in total. The molecule has 0 aliphatic heterocycles. The van der Waals surface area contributed by atoms with Crippen LogP contribution in [-0.2, 0) is 9.59 Å². The SMILES string of the molecule is C=CCC1C[C@@H]2CC(=O)CC[C@]2(C)C2CC[C@]3(C)C(=O)CCC3C12. The average molecular weight is 328 g/mol. The number of hydrogen-bond acceptors (Lipinski definition) is 2. The van der Waals surface area contributed by atoms with Crippen LogP contribution < -0.4 is 0 Å². The van der Waals surface area contributed by atoms with Crippen LogP contribution in [0.4, 0.5) is 0 Å². The fourth-order valence-corrected chi connectivity index (χ4v) is 7.45. The van der Waals surface area contributed by atoms with Crippen LogP contribution in [0, 0.1) is 40.4 Å². The molecule has 4 unspecified atom stereocenters. The van der Waals surface area contributed by atoms with Crippen molar-refractivity contribution < 1.29 is 9.59 Å².